The quantitative estimate of drug-likeness (QED) is 0.743. The Kier molecular flexibility index (Phi) is 4.17. The Morgan fingerprint density at radius 1 is 1.21 bits per heavy atom. The molecule has 0 bridgehead atoms. The first-order chi connectivity index (χ1) is 8.80. The van der Waals surface area contributed by atoms with E-state index in [-0.39, 0.29) is 17.4 Å². The molecule has 1 aliphatic carbocycles. The van der Waals surface area contributed by atoms with Crippen molar-refractivity contribution in [2.45, 2.75) is 31.3 Å². The topological polar surface area (TPSA) is 94.9 Å². The molecule has 6 nitrogen and oxygen atoms in total. The van der Waals surface area contributed by atoms with Crippen LogP contribution in [-0.2, 0) is 14.6 Å². The molecule has 0 aromatic heterocycles. The number of sulfone groups is 1. The summed E-state index contributed by atoms with van der Waals surface area (Å²) in [5.41, 5.74) is -0.854. The molecular weight excluding hydrogens is 270 g/mol. The van der Waals surface area contributed by atoms with Gasteiger partial charge < -0.3 is 10.2 Å². The fourth-order valence-electron chi connectivity index (χ4n) is 2.88. The Balaban J connectivity index is 1.85. The fourth-order valence-corrected chi connectivity index (χ4v) is 4.16. The van der Waals surface area contributed by atoms with Crippen LogP contribution in [0.15, 0.2) is 0 Å². The molecule has 7 heteroatoms. The van der Waals surface area contributed by atoms with Crippen molar-refractivity contribution in [3.05, 3.63) is 0 Å². The van der Waals surface area contributed by atoms with Crippen LogP contribution in [0, 0.1) is 5.92 Å². The minimum Gasteiger partial charge on any atom is -0.481 e. The summed E-state index contributed by atoms with van der Waals surface area (Å²) >= 11 is 0. The first kappa shape index (κ1) is 14.7. The number of β-amino-alcohol motifs (C(OH)–C–C–N with tert-alkyl or cyclic N) is 1. The minimum atomic E-state index is -2.90. The Morgan fingerprint density at radius 2 is 1.74 bits per heavy atom. The Bertz CT molecular complexity index is 425. The van der Waals surface area contributed by atoms with Gasteiger partial charge in [0, 0.05) is 19.6 Å². The van der Waals surface area contributed by atoms with Gasteiger partial charge in [-0.3, -0.25) is 9.69 Å². The van der Waals surface area contributed by atoms with Crippen molar-refractivity contribution >= 4 is 15.8 Å². The second-order valence-electron chi connectivity index (χ2n) is 5.76. The fraction of sp³-hybridized carbons (Fsp3) is 0.917. The molecule has 2 rings (SSSR count). The highest BCUT2D eigenvalue weighted by Crippen LogP contribution is 2.33. The van der Waals surface area contributed by atoms with Gasteiger partial charge in [0.1, 0.15) is 0 Å². The first-order valence-electron chi connectivity index (χ1n) is 6.68. The van der Waals surface area contributed by atoms with E-state index in [1.807, 2.05) is 4.90 Å². The molecule has 2 fully saturated rings. The molecule has 0 radical (unpaired) electrons. The van der Waals surface area contributed by atoms with Gasteiger partial charge in [-0.2, -0.15) is 0 Å². The van der Waals surface area contributed by atoms with Crippen LogP contribution in [0.3, 0.4) is 0 Å². The molecule has 1 aliphatic heterocycles. The maximum atomic E-state index is 11.3. The molecule has 0 amide bonds. The maximum absolute atomic E-state index is 11.3. The average Bonchev–Trinajstić information content (AvgIpc) is 2.32. The summed E-state index contributed by atoms with van der Waals surface area (Å²) in [5, 5.41) is 19.4. The lowest BCUT2D eigenvalue weighted by Crippen LogP contribution is -2.50. The van der Waals surface area contributed by atoms with Gasteiger partial charge in [0.2, 0.25) is 0 Å². The summed E-state index contributed by atoms with van der Waals surface area (Å²) in [5.74, 6) is -0.824. The van der Waals surface area contributed by atoms with Crippen LogP contribution in [0.1, 0.15) is 25.7 Å². The molecule has 0 unspecified atom stereocenters. The van der Waals surface area contributed by atoms with Crippen LogP contribution in [0.4, 0.5) is 0 Å². The SMILES string of the molecule is O=C(O)C1CCC(O)(CN2CCS(=O)(=O)CC2)CC1. The number of carboxylic acid groups (broad SMARTS) is 1. The predicted molar refractivity (Wildman–Crippen MR) is 69.6 cm³/mol. The zero-order valence-electron chi connectivity index (χ0n) is 10.9. The average molecular weight is 291 g/mol. The molecular formula is C12H21NO5S. The summed E-state index contributed by atoms with van der Waals surface area (Å²) in [4.78, 5) is 12.8. The summed E-state index contributed by atoms with van der Waals surface area (Å²) in [7, 11) is -2.90. The van der Waals surface area contributed by atoms with Crippen LogP contribution in [0.5, 0.6) is 0 Å². The Morgan fingerprint density at radius 3 is 2.21 bits per heavy atom. The van der Waals surface area contributed by atoms with Gasteiger partial charge in [-0.05, 0) is 25.7 Å². The van der Waals surface area contributed by atoms with Gasteiger partial charge in [0.15, 0.2) is 9.84 Å². The van der Waals surface area contributed by atoms with E-state index in [1.54, 1.807) is 0 Å². The summed E-state index contributed by atoms with van der Waals surface area (Å²) in [6.45, 7) is 1.38. The molecule has 2 aliphatic rings. The van der Waals surface area contributed by atoms with Crippen LogP contribution >= 0.6 is 0 Å². The summed E-state index contributed by atoms with van der Waals surface area (Å²) in [6.07, 6.45) is 1.95. The third-order valence-corrected chi connectivity index (χ3v) is 5.83. The van der Waals surface area contributed by atoms with Crippen molar-refractivity contribution in [2.75, 3.05) is 31.1 Å². The monoisotopic (exact) mass is 291 g/mol. The second-order valence-corrected chi connectivity index (χ2v) is 8.07. The lowest BCUT2D eigenvalue weighted by molar-refractivity contribution is -0.145. The second kappa shape index (κ2) is 5.38. The summed E-state index contributed by atoms with van der Waals surface area (Å²) < 4.78 is 22.7. The highest BCUT2D eigenvalue weighted by Gasteiger charge is 2.37. The van der Waals surface area contributed by atoms with Crippen molar-refractivity contribution in [3.8, 4) is 0 Å². The lowest BCUT2D eigenvalue weighted by atomic mass is 9.78. The molecule has 1 saturated heterocycles. The third kappa shape index (κ3) is 3.90. The molecule has 0 spiro atoms. The van der Waals surface area contributed by atoms with Gasteiger partial charge in [-0.15, -0.1) is 0 Å². The molecule has 0 atom stereocenters. The Labute approximate surface area is 113 Å². The zero-order valence-corrected chi connectivity index (χ0v) is 11.7. The van der Waals surface area contributed by atoms with E-state index in [2.05, 4.69) is 0 Å². The Hall–Kier alpha value is -0.660. The van der Waals surface area contributed by atoms with Gasteiger partial charge in [-0.25, -0.2) is 8.42 Å². The van der Waals surface area contributed by atoms with Gasteiger partial charge >= 0.3 is 5.97 Å². The minimum absolute atomic E-state index is 0.154. The number of nitrogens with zero attached hydrogens (tertiary/aromatic N) is 1. The largest absolute Gasteiger partial charge is 0.481 e. The number of aliphatic carboxylic acids is 1. The number of aliphatic hydroxyl groups is 1. The summed E-state index contributed by atoms with van der Waals surface area (Å²) in [6, 6.07) is 0. The zero-order chi connectivity index (χ0) is 14.1. The van der Waals surface area contributed by atoms with Crippen molar-refractivity contribution in [1.82, 2.24) is 4.90 Å². The third-order valence-electron chi connectivity index (χ3n) is 4.22. The van der Waals surface area contributed by atoms with Gasteiger partial charge in [-0.1, -0.05) is 0 Å². The number of carbonyl (C=O) groups is 1. The normalized spacial score (nSPS) is 35.9. The van der Waals surface area contributed by atoms with E-state index in [0.29, 0.717) is 45.3 Å². The van der Waals surface area contributed by atoms with E-state index >= 15 is 0 Å². The number of hydrogen-bond acceptors (Lipinski definition) is 5. The molecule has 19 heavy (non-hydrogen) atoms. The van der Waals surface area contributed by atoms with Gasteiger partial charge in [0.05, 0.1) is 23.0 Å². The van der Waals surface area contributed by atoms with Crippen molar-refractivity contribution in [1.29, 1.82) is 0 Å². The lowest BCUT2D eigenvalue weighted by Gasteiger charge is -2.39. The van der Waals surface area contributed by atoms with E-state index in [9.17, 15) is 18.3 Å². The molecule has 2 N–H and O–H groups in total. The number of rotatable bonds is 3. The van der Waals surface area contributed by atoms with Crippen molar-refractivity contribution in [2.24, 2.45) is 5.92 Å². The van der Waals surface area contributed by atoms with Crippen molar-refractivity contribution in [3.63, 3.8) is 0 Å². The molecule has 1 saturated carbocycles. The van der Waals surface area contributed by atoms with E-state index < -0.39 is 21.4 Å². The van der Waals surface area contributed by atoms with Crippen LogP contribution < -0.4 is 0 Å². The van der Waals surface area contributed by atoms with Crippen LogP contribution in [-0.4, -0.2) is 66.2 Å². The van der Waals surface area contributed by atoms with E-state index in [0.717, 1.165) is 0 Å². The predicted octanol–water partition coefficient (Wildman–Crippen LogP) is -0.277. The standard InChI is InChI=1S/C12H21NO5S/c14-11(15)10-1-3-12(16,4-2-10)9-13-5-7-19(17,18)8-6-13/h10,16H,1-9H2,(H,14,15). The van der Waals surface area contributed by atoms with Crippen LogP contribution in [0.25, 0.3) is 0 Å². The molecule has 110 valence electrons. The van der Waals surface area contributed by atoms with Crippen LogP contribution in [0.2, 0.25) is 0 Å². The highest BCUT2D eigenvalue weighted by molar-refractivity contribution is 7.91. The maximum Gasteiger partial charge on any atom is 0.306 e. The van der Waals surface area contributed by atoms with E-state index in [1.165, 1.54) is 0 Å². The molecule has 0 aromatic carbocycles. The number of hydrogen-bond donors (Lipinski definition) is 2. The molecule has 0 aromatic rings. The van der Waals surface area contributed by atoms with Gasteiger partial charge in [0.25, 0.3) is 0 Å². The smallest absolute Gasteiger partial charge is 0.306 e. The van der Waals surface area contributed by atoms with E-state index in [4.69, 9.17) is 5.11 Å². The first-order valence-corrected chi connectivity index (χ1v) is 8.50. The highest BCUT2D eigenvalue weighted by atomic mass is 32.2. The molecule has 1 heterocycles. The van der Waals surface area contributed by atoms with Crippen molar-refractivity contribution < 1.29 is 23.4 Å². The number of carboxylic acids is 1.